The molecule has 0 spiro atoms. The third-order valence-corrected chi connectivity index (χ3v) is 3.13. The SMILES string of the molecule is N#CCCNC(=O)COC1CCCCC1CN. The van der Waals surface area contributed by atoms with Crippen molar-refractivity contribution in [2.75, 3.05) is 19.7 Å². The lowest BCUT2D eigenvalue weighted by molar-refractivity contribution is -0.129. The molecule has 1 rings (SSSR count). The van der Waals surface area contributed by atoms with Crippen LogP contribution in [0.3, 0.4) is 0 Å². The summed E-state index contributed by atoms with van der Waals surface area (Å²) in [5.41, 5.74) is 5.68. The van der Waals surface area contributed by atoms with Crippen LogP contribution in [-0.4, -0.2) is 31.7 Å². The van der Waals surface area contributed by atoms with E-state index in [1.807, 2.05) is 6.07 Å². The molecule has 0 saturated heterocycles. The maximum atomic E-state index is 11.4. The van der Waals surface area contributed by atoms with Gasteiger partial charge in [-0.1, -0.05) is 12.8 Å². The molecule has 0 bridgehead atoms. The minimum Gasteiger partial charge on any atom is -0.368 e. The van der Waals surface area contributed by atoms with Crippen molar-refractivity contribution >= 4 is 5.91 Å². The first-order valence-corrected chi connectivity index (χ1v) is 6.23. The van der Waals surface area contributed by atoms with Gasteiger partial charge in [0.15, 0.2) is 0 Å². The van der Waals surface area contributed by atoms with E-state index in [9.17, 15) is 4.79 Å². The Kier molecular flexibility index (Phi) is 6.60. The number of hydrogen-bond donors (Lipinski definition) is 2. The van der Waals surface area contributed by atoms with Crippen molar-refractivity contribution in [2.45, 2.75) is 38.2 Å². The highest BCUT2D eigenvalue weighted by atomic mass is 16.5. The number of rotatable bonds is 6. The number of carbonyl (C=O) groups is 1. The third-order valence-electron chi connectivity index (χ3n) is 3.13. The second-order valence-electron chi connectivity index (χ2n) is 4.39. The zero-order chi connectivity index (χ0) is 12.5. The van der Waals surface area contributed by atoms with Gasteiger partial charge in [0.2, 0.25) is 5.91 Å². The number of amides is 1. The Labute approximate surface area is 102 Å². The molecule has 3 N–H and O–H groups in total. The van der Waals surface area contributed by atoms with Crippen LogP contribution in [0.5, 0.6) is 0 Å². The Bertz CT molecular complexity index is 275. The predicted octanol–water partition coefficient (Wildman–Crippen LogP) is 0.550. The van der Waals surface area contributed by atoms with Crippen molar-refractivity contribution in [1.29, 1.82) is 5.26 Å². The number of hydrogen-bond acceptors (Lipinski definition) is 4. The molecule has 1 aliphatic carbocycles. The Morgan fingerprint density at radius 2 is 2.24 bits per heavy atom. The summed E-state index contributed by atoms with van der Waals surface area (Å²) in [5.74, 6) is 0.234. The molecule has 1 fully saturated rings. The van der Waals surface area contributed by atoms with Crippen LogP contribution in [0.4, 0.5) is 0 Å². The Balaban J connectivity index is 2.19. The summed E-state index contributed by atoms with van der Waals surface area (Å²) < 4.78 is 5.60. The maximum Gasteiger partial charge on any atom is 0.246 e. The van der Waals surface area contributed by atoms with E-state index in [0.717, 1.165) is 19.3 Å². The van der Waals surface area contributed by atoms with Gasteiger partial charge in [0.05, 0.1) is 18.6 Å². The van der Waals surface area contributed by atoms with E-state index in [2.05, 4.69) is 5.32 Å². The molecule has 2 unspecified atom stereocenters. The Morgan fingerprint density at radius 1 is 1.47 bits per heavy atom. The van der Waals surface area contributed by atoms with E-state index in [4.69, 9.17) is 15.7 Å². The molecule has 5 nitrogen and oxygen atoms in total. The van der Waals surface area contributed by atoms with Gasteiger partial charge in [-0.05, 0) is 25.3 Å². The van der Waals surface area contributed by atoms with Gasteiger partial charge in [-0.25, -0.2) is 0 Å². The van der Waals surface area contributed by atoms with Crippen LogP contribution in [0.25, 0.3) is 0 Å². The molecule has 1 amide bonds. The van der Waals surface area contributed by atoms with Gasteiger partial charge in [0.25, 0.3) is 0 Å². The highest BCUT2D eigenvalue weighted by Crippen LogP contribution is 2.25. The molecule has 0 aliphatic heterocycles. The summed E-state index contributed by atoms with van der Waals surface area (Å²) in [6.45, 7) is 1.09. The normalized spacial score (nSPS) is 24.0. The molecule has 2 atom stereocenters. The van der Waals surface area contributed by atoms with Crippen molar-refractivity contribution in [3.05, 3.63) is 0 Å². The molecular weight excluding hydrogens is 218 g/mol. The van der Waals surface area contributed by atoms with Gasteiger partial charge in [0.1, 0.15) is 6.61 Å². The Hall–Kier alpha value is -1.12. The largest absolute Gasteiger partial charge is 0.368 e. The zero-order valence-electron chi connectivity index (χ0n) is 10.2. The number of ether oxygens (including phenoxy) is 1. The fraction of sp³-hybridized carbons (Fsp3) is 0.833. The molecule has 1 aliphatic rings. The fourth-order valence-electron chi connectivity index (χ4n) is 2.15. The average Bonchev–Trinajstić information content (AvgIpc) is 2.37. The second kappa shape index (κ2) is 8.04. The number of nitriles is 1. The lowest BCUT2D eigenvalue weighted by Crippen LogP contribution is -2.37. The predicted molar refractivity (Wildman–Crippen MR) is 64.0 cm³/mol. The summed E-state index contributed by atoms with van der Waals surface area (Å²) >= 11 is 0. The molecule has 0 heterocycles. The van der Waals surface area contributed by atoms with Crippen LogP contribution in [-0.2, 0) is 9.53 Å². The molecule has 1 saturated carbocycles. The van der Waals surface area contributed by atoms with Crippen LogP contribution < -0.4 is 11.1 Å². The number of nitrogens with two attached hydrogens (primary N) is 1. The first-order chi connectivity index (χ1) is 8.27. The first kappa shape index (κ1) is 13.9. The summed E-state index contributed by atoms with van der Waals surface area (Å²) in [6.07, 6.45) is 4.90. The zero-order valence-corrected chi connectivity index (χ0v) is 10.2. The molecule has 96 valence electrons. The topological polar surface area (TPSA) is 88.1 Å². The van der Waals surface area contributed by atoms with Crippen LogP contribution in [0, 0.1) is 17.2 Å². The smallest absolute Gasteiger partial charge is 0.246 e. The lowest BCUT2D eigenvalue weighted by Gasteiger charge is -2.30. The van der Waals surface area contributed by atoms with Crippen molar-refractivity contribution in [3.8, 4) is 6.07 Å². The molecule has 0 aromatic carbocycles. The van der Waals surface area contributed by atoms with E-state index in [1.54, 1.807) is 0 Å². The molecule has 0 aromatic rings. The molecule has 17 heavy (non-hydrogen) atoms. The average molecular weight is 239 g/mol. The van der Waals surface area contributed by atoms with E-state index < -0.39 is 0 Å². The van der Waals surface area contributed by atoms with E-state index in [-0.39, 0.29) is 18.6 Å². The van der Waals surface area contributed by atoms with E-state index in [1.165, 1.54) is 6.42 Å². The van der Waals surface area contributed by atoms with Gasteiger partial charge in [-0.2, -0.15) is 5.26 Å². The van der Waals surface area contributed by atoms with E-state index in [0.29, 0.717) is 25.4 Å². The quantitative estimate of drug-likeness (QED) is 0.662. The summed E-state index contributed by atoms with van der Waals surface area (Å²) in [6, 6.07) is 1.97. The van der Waals surface area contributed by atoms with E-state index >= 15 is 0 Å². The maximum absolute atomic E-state index is 11.4. The highest BCUT2D eigenvalue weighted by molar-refractivity contribution is 5.77. The molecule has 0 radical (unpaired) electrons. The van der Waals surface area contributed by atoms with Gasteiger partial charge in [-0.15, -0.1) is 0 Å². The molecular formula is C12H21N3O2. The van der Waals surface area contributed by atoms with Gasteiger partial charge in [-0.3, -0.25) is 4.79 Å². The van der Waals surface area contributed by atoms with Crippen molar-refractivity contribution in [2.24, 2.45) is 11.7 Å². The van der Waals surface area contributed by atoms with Crippen LogP contribution >= 0.6 is 0 Å². The minimum absolute atomic E-state index is 0.0760. The Morgan fingerprint density at radius 3 is 2.94 bits per heavy atom. The third kappa shape index (κ3) is 5.16. The van der Waals surface area contributed by atoms with Crippen molar-refractivity contribution < 1.29 is 9.53 Å². The van der Waals surface area contributed by atoms with Crippen LogP contribution in [0.2, 0.25) is 0 Å². The first-order valence-electron chi connectivity index (χ1n) is 6.23. The van der Waals surface area contributed by atoms with Gasteiger partial charge in [0, 0.05) is 6.54 Å². The molecule has 0 aromatic heterocycles. The summed E-state index contributed by atoms with van der Waals surface area (Å²) in [4.78, 5) is 11.4. The summed E-state index contributed by atoms with van der Waals surface area (Å²) in [5, 5.41) is 11.0. The van der Waals surface area contributed by atoms with Gasteiger partial charge < -0.3 is 15.8 Å². The van der Waals surface area contributed by atoms with Crippen molar-refractivity contribution in [3.63, 3.8) is 0 Å². The summed E-state index contributed by atoms with van der Waals surface area (Å²) in [7, 11) is 0. The lowest BCUT2D eigenvalue weighted by atomic mass is 9.86. The van der Waals surface area contributed by atoms with Crippen molar-refractivity contribution in [1.82, 2.24) is 5.32 Å². The standard InChI is InChI=1S/C12H21N3O2/c13-6-3-7-15-12(16)9-17-11-5-2-1-4-10(11)8-14/h10-11H,1-5,7-9,14H2,(H,15,16). The van der Waals surface area contributed by atoms with Crippen LogP contribution in [0.15, 0.2) is 0 Å². The minimum atomic E-state index is -0.151. The van der Waals surface area contributed by atoms with Gasteiger partial charge >= 0.3 is 0 Å². The number of nitrogens with one attached hydrogen (secondary N) is 1. The number of carbonyl (C=O) groups excluding carboxylic acids is 1. The van der Waals surface area contributed by atoms with Crippen LogP contribution in [0.1, 0.15) is 32.1 Å². The number of nitrogens with zero attached hydrogens (tertiary/aromatic N) is 1. The monoisotopic (exact) mass is 239 g/mol. The highest BCUT2D eigenvalue weighted by Gasteiger charge is 2.24. The second-order valence-corrected chi connectivity index (χ2v) is 4.39. The fourth-order valence-corrected chi connectivity index (χ4v) is 2.15. The molecule has 5 heteroatoms.